The zero-order valence-electron chi connectivity index (χ0n) is 35.1. The van der Waals surface area contributed by atoms with E-state index in [0.717, 1.165) is 28.9 Å². The molecule has 4 aliphatic rings. The van der Waals surface area contributed by atoms with Crippen LogP contribution >= 0.6 is 10.5 Å². The standard InChI is InChI=1S/C31H29O3S.C16H22F4O6S/c1-21-18-24(35-27-16-10-8-14-25(27)26-15-9-11-17-28(26)35)19-22(2)30(21)33-20-29(32)34-31(3,4)23-12-6-5-7-13-23;1-9(15(17,18)16(19,20)27(23,24)25)26-12(21)7-13-3-10-2-11(4-13)6-14(22,5-10)8-13/h5-19H,20H2,1-4H3;9-11,22H,2-8H2,1H3,(H,23,24,25)/q+1;/p-1. The topological polar surface area (TPSA) is 139 Å². The molecule has 3 unspecified atom stereocenters. The van der Waals surface area contributed by atoms with Crippen molar-refractivity contribution in [1.29, 1.82) is 0 Å². The number of rotatable bonds is 12. The number of fused-ring (bicyclic) bond motifs is 3. The van der Waals surface area contributed by atoms with Crippen LogP contribution in [-0.2, 0) is 34.8 Å². The molecule has 0 amide bonds. The summed E-state index contributed by atoms with van der Waals surface area (Å²) in [6, 6.07) is 31.5. The molecule has 4 aliphatic carbocycles. The van der Waals surface area contributed by atoms with Crippen molar-refractivity contribution in [2.24, 2.45) is 17.3 Å². The molecule has 4 aromatic carbocycles. The molecule has 3 atom stereocenters. The van der Waals surface area contributed by atoms with Gasteiger partial charge in [0.05, 0.1) is 12.0 Å². The van der Waals surface area contributed by atoms with E-state index in [4.69, 9.17) is 9.47 Å². The smallest absolute Gasteiger partial charge is 0.400 e. The summed E-state index contributed by atoms with van der Waals surface area (Å²) in [5.41, 5.74) is 0.735. The molecule has 1 N–H and O–H groups in total. The number of esters is 2. The fourth-order valence-electron chi connectivity index (χ4n) is 10.3. The zero-order valence-corrected chi connectivity index (χ0v) is 36.7. The second-order valence-electron chi connectivity index (χ2n) is 17.9. The van der Waals surface area contributed by atoms with Gasteiger partial charge in [0.2, 0.25) is 0 Å². The third-order valence-corrected chi connectivity index (χ3v) is 15.7. The molecule has 62 heavy (non-hydrogen) atoms. The van der Waals surface area contributed by atoms with Crippen molar-refractivity contribution in [2.75, 3.05) is 6.61 Å². The van der Waals surface area contributed by atoms with Crippen molar-refractivity contribution in [1.82, 2.24) is 0 Å². The lowest BCUT2D eigenvalue weighted by Gasteiger charge is -2.60. The lowest BCUT2D eigenvalue weighted by atomic mass is 9.47. The highest BCUT2D eigenvalue weighted by Crippen LogP contribution is 2.63. The van der Waals surface area contributed by atoms with Crippen LogP contribution in [0, 0.1) is 31.1 Å². The highest BCUT2D eigenvalue weighted by molar-refractivity contribution is 7.86. The van der Waals surface area contributed by atoms with Gasteiger partial charge < -0.3 is 23.9 Å². The molecule has 4 fully saturated rings. The maximum Gasteiger partial charge on any atom is 0.400 e. The Balaban J connectivity index is 0.000000193. The molecule has 0 radical (unpaired) electrons. The fraction of sp³-hybridized carbons (Fsp3) is 0.447. The molecule has 0 saturated heterocycles. The van der Waals surface area contributed by atoms with Crippen molar-refractivity contribution in [2.45, 2.75) is 108 Å². The zero-order chi connectivity index (χ0) is 45.0. The molecule has 4 saturated carbocycles. The minimum absolute atomic E-state index is 0.130. The second-order valence-corrected chi connectivity index (χ2v) is 21.3. The summed E-state index contributed by atoms with van der Waals surface area (Å²) in [6.45, 7) is 8.16. The minimum atomic E-state index is -6.65. The molecule has 0 aliphatic heterocycles. The molecular formula is C47H50F4O9S2. The SMILES string of the molecule is CC(OC(=O)CC12CC3CC(CC(O)(C3)C1)C2)C(F)(F)C(F)(F)S(=O)(=O)[O-].Cc1cc(-[s+]2c3ccccc3c3ccccc32)cc(C)c1OCC(=O)OC(C)(C)c1ccccc1. The van der Waals surface area contributed by atoms with Crippen LogP contribution < -0.4 is 4.74 Å². The van der Waals surface area contributed by atoms with Crippen LogP contribution in [0.5, 0.6) is 5.75 Å². The Morgan fingerprint density at radius 3 is 1.87 bits per heavy atom. The Bertz CT molecular complexity index is 2520. The van der Waals surface area contributed by atoms with E-state index in [9.17, 15) is 45.2 Å². The lowest BCUT2D eigenvalue weighted by molar-refractivity contribution is -0.226. The van der Waals surface area contributed by atoms with Crippen molar-refractivity contribution in [3.05, 3.63) is 108 Å². The Morgan fingerprint density at radius 2 is 1.35 bits per heavy atom. The van der Waals surface area contributed by atoms with Crippen LogP contribution in [0.3, 0.4) is 0 Å². The van der Waals surface area contributed by atoms with Gasteiger partial charge in [0.1, 0.15) is 11.4 Å². The summed E-state index contributed by atoms with van der Waals surface area (Å²) >= 11 is 0. The van der Waals surface area contributed by atoms with E-state index in [1.807, 2.05) is 58.0 Å². The maximum atomic E-state index is 13.8. The number of benzene rings is 4. The summed E-state index contributed by atoms with van der Waals surface area (Å²) in [5.74, 6) is -5.75. The van der Waals surface area contributed by atoms with Gasteiger partial charge in [-0.2, -0.15) is 17.6 Å². The highest BCUT2D eigenvalue weighted by Gasteiger charge is 2.66. The Morgan fingerprint density at radius 1 is 0.839 bits per heavy atom. The van der Waals surface area contributed by atoms with Gasteiger partial charge in [0.15, 0.2) is 37.1 Å². The number of aliphatic hydroxyl groups is 1. The van der Waals surface area contributed by atoms with Crippen molar-refractivity contribution in [3.8, 4) is 10.6 Å². The molecule has 332 valence electrons. The largest absolute Gasteiger partial charge is 0.743 e. The Labute approximate surface area is 361 Å². The number of ether oxygens (including phenoxy) is 3. The third-order valence-electron chi connectivity index (χ3n) is 12.5. The van der Waals surface area contributed by atoms with Gasteiger partial charge in [-0.3, -0.25) is 4.79 Å². The van der Waals surface area contributed by atoms with Gasteiger partial charge in [-0.15, -0.1) is 0 Å². The van der Waals surface area contributed by atoms with Gasteiger partial charge in [0, 0.05) is 33.4 Å². The molecule has 1 aromatic heterocycles. The van der Waals surface area contributed by atoms with Crippen molar-refractivity contribution < 1.29 is 59.4 Å². The van der Waals surface area contributed by atoms with Gasteiger partial charge in [-0.1, -0.05) is 54.6 Å². The summed E-state index contributed by atoms with van der Waals surface area (Å²) in [7, 11) is -6.81. The number of thiophene rings is 1. The average molecular weight is 899 g/mol. The first kappa shape index (κ1) is 45.5. The summed E-state index contributed by atoms with van der Waals surface area (Å²) in [4.78, 5) is 26.1. The van der Waals surface area contributed by atoms with E-state index in [0.29, 0.717) is 39.0 Å². The molecule has 1 heterocycles. The minimum Gasteiger partial charge on any atom is -0.743 e. The van der Waals surface area contributed by atoms with Gasteiger partial charge in [0.25, 0.3) is 0 Å². The van der Waals surface area contributed by atoms with E-state index >= 15 is 0 Å². The van der Waals surface area contributed by atoms with E-state index in [1.54, 1.807) is 0 Å². The number of alkyl halides is 4. The molecule has 15 heteroatoms. The lowest BCUT2D eigenvalue weighted by Crippen LogP contribution is -2.57. The van der Waals surface area contributed by atoms with E-state index in [1.165, 1.54) is 25.1 Å². The Kier molecular flexibility index (Phi) is 12.1. The predicted molar refractivity (Wildman–Crippen MR) is 228 cm³/mol. The van der Waals surface area contributed by atoms with Gasteiger partial charge >= 0.3 is 23.1 Å². The van der Waals surface area contributed by atoms with Crippen LogP contribution in [0.2, 0.25) is 0 Å². The number of halogens is 4. The van der Waals surface area contributed by atoms with Crippen molar-refractivity contribution in [3.63, 3.8) is 0 Å². The number of hydrogen-bond donors (Lipinski definition) is 1. The van der Waals surface area contributed by atoms with E-state index < -0.39 is 50.0 Å². The van der Waals surface area contributed by atoms with Crippen LogP contribution in [0.1, 0.15) is 82.4 Å². The molecule has 5 aromatic rings. The summed E-state index contributed by atoms with van der Waals surface area (Å²) in [6.07, 6.45) is 0.622. The first-order valence-corrected chi connectivity index (χ1v) is 23.1. The van der Waals surface area contributed by atoms with E-state index in [2.05, 4.69) is 65.4 Å². The number of aryl methyl sites for hydroxylation is 2. The molecule has 0 spiro atoms. The monoisotopic (exact) mass is 898 g/mol. The first-order valence-electron chi connectivity index (χ1n) is 20.5. The third kappa shape index (κ3) is 8.82. The summed E-state index contributed by atoms with van der Waals surface area (Å²) in [5, 5.41) is 7.33. The second kappa shape index (κ2) is 16.5. The normalized spacial score (nSPS) is 22.8. The molecule has 9 rings (SSSR count). The van der Waals surface area contributed by atoms with Gasteiger partial charge in [-0.25, -0.2) is 13.2 Å². The molecular weight excluding hydrogens is 849 g/mol. The molecule has 4 bridgehead atoms. The van der Waals surface area contributed by atoms with Crippen molar-refractivity contribution >= 4 is 52.7 Å². The number of hydrogen-bond acceptors (Lipinski definition) is 9. The van der Waals surface area contributed by atoms with Crippen LogP contribution in [0.25, 0.3) is 25.1 Å². The number of carbonyl (C=O) groups excluding carboxylic acids is 2. The fourth-order valence-corrected chi connectivity index (χ4v) is 13.4. The first-order chi connectivity index (χ1) is 28.9. The molecule has 9 nitrogen and oxygen atoms in total. The Hall–Kier alpha value is -4.57. The predicted octanol–water partition coefficient (Wildman–Crippen LogP) is 10.6. The highest BCUT2D eigenvalue weighted by atomic mass is 32.2. The maximum absolute atomic E-state index is 13.8. The van der Waals surface area contributed by atoms with Crippen LogP contribution in [-0.4, -0.2) is 59.5 Å². The van der Waals surface area contributed by atoms with Crippen LogP contribution in [0.15, 0.2) is 91.0 Å². The van der Waals surface area contributed by atoms with Gasteiger partial charge in [-0.05, 0) is 131 Å². The quantitative estimate of drug-likeness (QED) is 0.0561. The average Bonchev–Trinajstić information content (AvgIpc) is 3.50. The van der Waals surface area contributed by atoms with Crippen LogP contribution in [0.4, 0.5) is 17.6 Å². The summed E-state index contributed by atoms with van der Waals surface area (Å²) < 4.78 is 104. The number of carbonyl (C=O) groups is 2. The van der Waals surface area contributed by atoms with E-state index in [-0.39, 0.29) is 41.3 Å².